The Morgan fingerprint density at radius 1 is 0.945 bits per heavy atom. The number of nitrogens with zero attached hydrogens (tertiary/aromatic N) is 5. The van der Waals surface area contributed by atoms with Crippen LogP contribution < -0.4 is 24.6 Å². The number of nitro benzene ring substituents is 1. The molecular weight excluding hydrogens is 949 g/mol. The number of fused-ring (bicyclic) bond motifs is 3. The van der Waals surface area contributed by atoms with Gasteiger partial charge < -0.3 is 39.4 Å². The zero-order valence-electron chi connectivity index (χ0n) is 42.2. The molecule has 5 aromatic rings. The van der Waals surface area contributed by atoms with E-state index in [4.69, 9.17) is 19.2 Å². The number of nitro groups is 1. The molecule has 1 spiro atoms. The Balaban J connectivity index is 0.873. The van der Waals surface area contributed by atoms with Crippen molar-refractivity contribution in [3.8, 4) is 5.88 Å². The third-order valence-electron chi connectivity index (χ3n) is 17.4. The van der Waals surface area contributed by atoms with Crippen LogP contribution >= 0.6 is 0 Å². The minimum Gasteiger partial charge on any atom is -0.470 e. The van der Waals surface area contributed by atoms with E-state index in [1.807, 2.05) is 42.3 Å². The summed E-state index contributed by atoms with van der Waals surface area (Å²) >= 11 is 0. The summed E-state index contributed by atoms with van der Waals surface area (Å²) in [5.41, 5.74) is 4.74. The van der Waals surface area contributed by atoms with Crippen molar-refractivity contribution in [3.63, 3.8) is 0 Å². The Labute approximate surface area is 427 Å². The largest absolute Gasteiger partial charge is 0.470 e. The van der Waals surface area contributed by atoms with Gasteiger partial charge in [0.25, 0.3) is 21.6 Å². The number of hydrogen-bond donors (Lipinski definition) is 4. The fraction of sp³-hybridized carbons (Fsp3) is 0.527. The molecule has 1 amide bonds. The number of nitrogens with one attached hydrogen (secondary N) is 3. The number of aromatic nitrogens is 2. The molecule has 3 saturated heterocycles. The Morgan fingerprint density at radius 2 is 1.73 bits per heavy atom. The van der Waals surface area contributed by atoms with E-state index in [1.54, 1.807) is 6.07 Å². The van der Waals surface area contributed by atoms with Crippen molar-refractivity contribution in [2.75, 3.05) is 67.7 Å². The van der Waals surface area contributed by atoms with Crippen molar-refractivity contribution in [1.82, 2.24) is 19.6 Å². The number of amides is 1. The molecule has 5 atom stereocenters. The molecular formula is C55H68N8O9S. The van der Waals surface area contributed by atoms with Crippen molar-refractivity contribution >= 4 is 55.4 Å². The van der Waals surface area contributed by atoms with Crippen LogP contribution in [0.4, 0.5) is 28.4 Å². The number of rotatable bonds is 12. The second-order valence-electron chi connectivity index (χ2n) is 22.1. The second kappa shape index (κ2) is 19.5. The zero-order valence-corrected chi connectivity index (χ0v) is 43.0. The number of piperidine rings is 1. The van der Waals surface area contributed by atoms with E-state index in [0.29, 0.717) is 86.4 Å². The number of hydrogen-bond acceptors (Lipinski definition) is 14. The number of aliphatic hydroxyl groups is 1. The highest BCUT2D eigenvalue weighted by atomic mass is 32.2. The van der Waals surface area contributed by atoms with Gasteiger partial charge in [-0.15, -0.1) is 0 Å². The predicted octanol–water partition coefficient (Wildman–Crippen LogP) is 8.82. The molecule has 6 aliphatic rings. The van der Waals surface area contributed by atoms with Crippen LogP contribution in [0.5, 0.6) is 5.88 Å². The summed E-state index contributed by atoms with van der Waals surface area (Å²) in [6.45, 7) is 14.0. The Bertz CT molecular complexity index is 3000. The fourth-order valence-corrected chi connectivity index (χ4v) is 13.9. The van der Waals surface area contributed by atoms with Gasteiger partial charge >= 0.3 is 0 Å². The van der Waals surface area contributed by atoms with E-state index < -0.39 is 37.0 Å². The van der Waals surface area contributed by atoms with Crippen LogP contribution in [0.15, 0.2) is 83.9 Å². The molecule has 73 heavy (non-hydrogen) atoms. The van der Waals surface area contributed by atoms with E-state index in [1.165, 1.54) is 23.3 Å². The topological polar surface area (TPSA) is 205 Å². The number of morpholine rings is 1. The van der Waals surface area contributed by atoms with Gasteiger partial charge in [-0.3, -0.25) is 19.8 Å². The number of benzene rings is 3. The third kappa shape index (κ3) is 9.42. The summed E-state index contributed by atoms with van der Waals surface area (Å²) in [5, 5.41) is 26.8. The standard InChI is InChI=1S/C55H68N8O9S/c1-34(2)40-7-5-6-8-41(40)48-32-71-26-24-61(48)47-30-55(35(47)3)19-22-60(23-20-55)38-9-11-42(44(28-38)62-46-27-37-15-21-56-51(37)58-53(46)72-50-16-25-70-33-49(50)62)52(64)59-73(68,69)39-10-12-43(45(29-39)63(66)67)57-31-36-13-17-54(4,65)18-14-36/h5-12,15,21,27-29,34-36,47-50,57,65H,13-14,16-20,22-26,30-33H2,1-4H3,(H,56,58)(H,59,64)/t35-,36-,47-,48-,49-,50-,54-/m1/s1. The first kappa shape index (κ1) is 49.4. The SMILES string of the molecule is CC(C)c1ccccc1[C@H]1COCCN1[C@@H]1CC2(CCN(c3ccc(C(=O)NS(=O)(=O)c4ccc(NC[C@H]5CC[C@](C)(O)CC5)c([N+](=O)[O-])c4)c(N4c5cc6cc[nH]c6nc5O[C@@H]5CCOC[C@H]54)c3)CC2)[C@@H]1C. The lowest BCUT2D eigenvalue weighted by Gasteiger charge is -2.62. The molecule has 3 aromatic carbocycles. The average Bonchev–Trinajstić information content (AvgIpc) is 3.85. The molecule has 388 valence electrons. The minimum atomic E-state index is -4.63. The highest BCUT2D eigenvalue weighted by molar-refractivity contribution is 7.90. The maximum absolute atomic E-state index is 14.7. The lowest BCUT2D eigenvalue weighted by atomic mass is 9.53. The summed E-state index contributed by atoms with van der Waals surface area (Å²) in [4.78, 5) is 41.3. The number of carbonyl (C=O) groups is 1. The molecule has 6 heterocycles. The number of anilines is 4. The van der Waals surface area contributed by atoms with Gasteiger partial charge in [-0.1, -0.05) is 45.0 Å². The summed E-state index contributed by atoms with van der Waals surface area (Å²) in [5.74, 6) is 0.611. The molecule has 4 N–H and O–H groups in total. The van der Waals surface area contributed by atoms with Gasteiger partial charge in [0, 0.05) is 62.0 Å². The molecule has 2 saturated carbocycles. The van der Waals surface area contributed by atoms with E-state index in [-0.39, 0.29) is 40.8 Å². The van der Waals surface area contributed by atoms with Crippen molar-refractivity contribution in [2.24, 2.45) is 17.3 Å². The van der Waals surface area contributed by atoms with Crippen LogP contribution in [0, 0.1) is 27.4 Å². The molecule has 2 aliphatic carbocycles. The van der Waals surface area contributed by atoms with Gasteiger partial charge in [-0.2, -0.15) is 4.98 Å². The monoisotopic (exact) mass is 1020 g/mol. The summed E-state index contributed by atoms with van der Waals surface area (Å²) in [7, 11) is -4.63. The Morgan fingerprint density at radius 3 is 2.49 bits per heavy atom. The fourth-order valence-electron chi connectivity index (χ4n) is 12.9. The average molecular weight is 1020 g/mol. The zero-order chi connectivity index (χ0) is 50.8. The van der Waals surface area contributed by atoms with Crippen LogP contribution in [0.2, 0.25) is 0 Å². The number of sulfonamides is 1. The van der Waals surface area contributed by atoms with Gasteiger partial charge in [0.15, 0.2) is 0 Å². The molecule has 0 unspecified atom stereocenters. The van der Waals surface area contributed by atoms with Crippen molar-refractivity contribution in [1.29, 1.82) is 0 Å². The molecule has 11 rings (SSSR count). The highest BCUT2D eigenvalue weighted by Crippen LogP contribution is 2.57. The molecule has 5 fully saturated rings. The van der Waals surface area contributed by atoms with Crippen LogP contribution in [-0.4, -0.2) is 116 Å². The first-order valence-electron chi connectivity index (χ1n) is 26.2. The van der Waals surface area contributed by atoms with Gasteiger partial charge in [0.1, 0.15) is 23.1 Å². The maximum atomic E-state index is 14.7. The van der Waals surface area contributed by atoms with Gasteiger partial charge in [-0.05, 0) is 129 Å². The van der Waals surface area contributed by atoms with Crippen LogP contribution in [0.3, 0.4) is 0 Å². The minimum absolute atomic E-state index is 0.0981. The Hall–Kier alpha value is -5.79. The van der Waals surface area contributed by atoms with Crippen LogP contribution in [0.1, 0.15) is 113 Å². The van der Waals surface area contributed by atoms with Crippen molar-refractivity contribution in [3.05, 3.63) is 106 Å². The Kier molecular flexibility index (Phi) is 13.2. The number of aromatic amines is 1. The normalized spacial score (nSPS) is 27.2. The van der Waals surface area contributed by atoms with Crippen molar-refractivity contribution in [2.45, 2.75) is 120 Å². The smallest absolute Gasteiger partial charge is 0.293 e. The van der Waals surface area contributed by atoms with E-state index in [9.17, 15) is 28.4 Å². The molecule has 18 heteroatoms. The van der Waals surface area contributed by atoms with E-state index in [2.05, 4.69) is 69.9 Å². The highest BCUT2D eigenvalue weighted by Gasteiger charge is 2.55. The molecule has 0 bridgehead atoms. The number of H-pyrrole nitrogens is 1. The molecule has 17 nitrogen and oxygen atoms in total. The first-order chi connectivity index (χ1) is 35.1. The predicted molar refractivity (Wildman–Crippen MR) is 279 cm³/mol. The second-order valence-corrected chi connectivity index (χ2v) is 23.8. The quantitative estimate of drug-likeness (QED) is 0.0681. The van der Waals surface area contributed by atoms with Crippen LogP contribution in [-0.2, 0) is 19.5 Å². The van der Waals surface area contributed by atoms with Gasteiger partial charge in [0.05, 0.1) is 65.2 Å². The van der Waals surface area contributed by atoms with Crippen molar-refractivity contribution < 1.29 is 37.5 Å². The maximum Gasteiger partial charge on any atom is 0.293 e. The summed E-state index contributed by atoms with van der Waals surface area (Å²) < 4.78 is 49.5. The molecule has 2 aromatic heterocycles. The molecule has 4 aliphatic heterocycles. The summed E-state index contributed by atoms with van der Waals surface area (Å²) in [6.07, 6.45) is 7.99. The lowest BCUT2D eigenvalue weighted by molar-refractivity contribution is -0.384. The number of ether oxygens (including phenoxy) is 3. The van der Waals surface area contributed by atoms with Gasteiger partial charge in [0.2, 0.25) is 5.88 Å². The van der Waals surface area contributed by atoms with E-state index in [0.717, 1.165) is 75.5 Å². The molecule has 0 radical (unpaired) electrons. The number of carbonyl (C=O) groups excluding carboxylic acids is 1. The van der Waals surface area contributed by atoms with E-state index >= 15 is 0 Å². The lowest BCUT2D eigenvalue weighted by Crippen LogP contribution is -2.63. The van der Waals surface area contributed by atoms with Crippen LogP contribution in [0.25, 0.3) is 11.0 Å². The summed E-state index contributed by atoms with van der Waals surface area (Å²) in [6, 6.07) is 22.2. The third-order valence-corrected chi connectivity index (χ3v) is 18.7. The number of pyridine rings is 1. The van der Waals surface area contributed by atoms with Gasteiger partial charge in [-0.25, -0.2) is 13.1 Å². The first-order valence-corrected chi connectivity index (χ1v) is 27.7.